The number of ether oxygens (including phenoxy) is 2. The molecule has 0 saturated carbocycles. The number of rotatable bonds is 3. The normalized spacial score (nSPS) is 13.9. The highest BCUT2D eigenvalue weighted by atomic mass is 16.5. The number of Topliss-reactive ketones (excluding diaryl/α,β-unsaturated/α-hetero) is 1. The molecule has 0 fully saturated rings. The van der Waals surface area contributed by atoms with Gasteiger partial charge in [-0.05, 0) is 61.7 Å². The maximum Gasteiger partial charge on any atom is 0.343 e. The molecule has 0 bridgehead atoms. The first-order chi connectivity index (χ1) is 13.9. The van der Waals surface area contributed by atoms with Gasteiger partial charge in [-0.2, -0.15) is 0 Å². The number of allylic oxidation sites excluding steroid dienone is 1. The fraction of sp³-hybridized carbons (Fsp3) is 0.120. The highest BCUT2D eigenvalue weighted by Crippen LogP contribution is 2.37. The lowest BCUT2D eigenvalue weighted by Crippen LogP contribution is -2.09. The van der Waals surface area contributed by atoms with Crippen LogP contribution in [0.25, 0.3) is 6.08 Å². The van der Waals surface area contributed by atoms with Crippen molar-refractivity contribution in [3.63, 3.8) is 0 Å². The molecule has 4 heteroatoms. The summed E-state index contributed by atoms with van der Waals surface area (Å²) in [5, 5.41) is 0. The number of aryl methyl sites for hydroxylation is 3. The monoisotopic (exact) mass is 384 g/mol. The van der Waals surface area contributed by atoms with Gasteiger partial charge in [0.15, 0.2) is 5.76 Å². The third kappa shape index (κ3) is 3.69. The lowest BCUT2D eigenvalue weighted by molar-refractivity contribution is 0.0734. The Kier molecular flexibility index (Phi) is 4.77. The summed E-state index contributed by atoms with van der Waals surface area (Å²) in [7, 11) is 0. The summed E-state index contributed by atoms with van der Waals surface area (Å²) in [5.74, 6) is 0.393. The fourth-order valence-electron chi connectivity index (χ4n) is 3.36. The molecule has 3 aromatic rings. The van der Waals surface area contributed by atoms with E-state index < -0.39 is 5.97 Å². The second-order valence-corrected chi connectivity index (χ2v) is 7.17. The Morgan fingerprint density at radius 2 is 1.72 bits per heavy atom. The Balaban J connectivity index is 1.63. The topological polar surface area (TPSA) is 52.6 Å². The quantitative estimate of drug-likeness (QED) is 0.342. The van der Waals surface area contributed by atoms with Gasteiger partial charge in [0.05, 0.1) is 11.1 Å². The summed E-state index contributed by atoms with van der Waals surface area (Å²) in [5.41, 5.74) is 4.63. The Bertz CT molecular complexity index is 1170. The number of esters is 1. The second-order valence-electron chi connectivity index (χ2n) is 7.17. The molecule has 0 atom stereocenters. The zero-order valence-electron chi connectivity index (χ0n) is 16.5. The van der Waals surface area contributed by atoms with Crippen LogP contribution in [0.5, 0.6) is 11.5 Å². The van der Waals surface area contributed by atoms with Crippen LogP contribution in [0, 0.1) is 20.8 Å². The van der Waals surface area contributed by atoms with Crippen molar-refractivity contribution in [2.75, 3.05) is 0 Å². The minimum atomic E-state index is -0.451. The predicted octanol–water partition coefficient (Wildman–Crippen LogP) is 5.45. The van der Waals surface area contributed by atoms with Crippen molar-refractivity contribution in [2.24, 2.45) is 0 Å². The summed E-state index contributed by atoms with van der Waals surface area (Å²) in [6.45, 7) is 5.70. The third-order valence-corrected chi connectivity index (χ3v) is 4.88. The van der Waals surface area contributed by atoms with Gasteiger partial charge in [0.2, 0.25) is 5.78 Å². The number of ketones is 1. The lowest BCUT2D eigenvalue weighted by atomic mass is 10.0. The van der Waals surface area contributed by atoms with Gasteiger partial charge in [-0.1, -0.05) is 42.0 Å². The molecule has 0 N–H and O–H groups in total. The van der Waals surface area contributed by atoms with E-state index >= 15 is 0 Å². The standard InChI is InChI=1S/C25H20O4/c1-15-7-6-10-19(11-15)25(27)28-20-12-17(3)23-21(14-20)29-22(24(23)26)13-18-9-5-4-8-16(18)2/h4-14H,1-3H3/b22-13-. The SMILES string of the molecule is Cc1cccc(C(=O)Oc2cc(C)c3c(c2)O/C(=C\c2ccccc2C)C3=O)c1. The highest BCUT2D eigenvalue weighted by Gasteiger charge is 2.30. The summed E-state index contributed by atoms with van der Waals surface area (Å²) in [4.78, 5) is 25.3. The largest absolute Gasteiger partial charge is 0.452 e. The minimum Gasteiger partial charge on any atom is -0.452 e. The first-order valence-corrected chi connectivity index (χ1v) is 9.36. The van der Waals surface area contributed by atoms with Crippen LogP contribution in [0.4, 0.5) is 0 Å². The summed E-state index contributed by atoms with van der Waals surface area (Å²) >= 11 is 0. The molecule has 0 radical (unpaired) electrons. The average molecular weight is 384 g/mol. The molecule has 144 valence electrons. The van der Waals surface area contributed by atoms with Gasteiger partial charge in [-0.15, -0.1) is 0 Å². The fourth-order valence-corrected chi connectivity index (χ4v) is 3.36. The average Bonchev–Trinajstić information content (AvgIpc) is 2.99. The van der Waals surface area contributed by atoms with Crippen molar-refractivity contribution >= 4 is 17.8 Å². The van der Waals surface area contributed by atoms with E-state index in [1.807, 2.05) is 50.2 Å². The number of carbonyl (C=O) groups is 2. The van der Waals surface area contributed by atoms with Crippen molar-refractivity contribution in [1.82, 2.24) is 0 Å². The molecular formula is C25H20O4. The van der Waals surface area contributed by atoms with Gasteiger partial charge in [-0.3, -0.25) is 4.79 Å². The molecule has 1 aliphatic rings. The number of benzene rings is 3. The van der Waals surface area contributed by atoms with E-state index in [-0.39, 0.29) is 11.5 Å². The number of carbonyl (C=O) groups excluding carboxylic acids is 2. The van der Waals surface area contributed by atoms with Crippen LogP contribution < -0.4 is 9.47 Å². The Morgan fingerprint density at radius 1 is 0.931 bits per heavy atom. The molecule has 1 aliphatic heterocycles. The van der Waals surface area contributed by atoms with Crippen LogP contribution in [0.15, 0.2) is 66.4 Å². The first kappa shape index (κ1) is 18.7. The molecule has 1 heterocycles. The minimum absolute atomic E-state index is 0.169. The highest BCUT2D eigenvalue weighted by molar-refractivity contribution is 6.15. The molecule has 0 saturated heterocycles. The number of hydrogen-bond donors (Lipinski definition) is 0. The van der Waals surface area contributed by atoms with Crippen LogP contribution in [0.2, 0.25) is 0 Å². The molecule has 0 aromatic heterocycles. The van der Waals surface area contributed by atoms with Crippen LogP contribution in [-0.4, -0.2) is 11.8 Å². The van der Waals surface area contributed by atoms with Crippen LogP contribution >= 0.6 is 0 Å². The Morgan fingerprint density at radius 3 is 2.48 bits per heavy atom. The summed E-state index contributed by atoms with van der Waals surface area (Å²) in [6.07, 6.45) is 1.75. The van der Waals surface area contributed by atoms with E-state index in [1.54, 1.807) is 37.3 Å². The molecule has 0 unspecified atom stereocenters. The second kappa shape index (κ2) is 7.40. The van der Waals surface area contributed by atoms with E-state index in [9.17, 15) is 9.59 Å². The van der Waals surface area contributed by atoms with E-state index in [0.717, 1.165) is 16.7 Å². The third-order valence-electron chi connectivity index (χ3n) is 4.88. The van der Waals surface area contributed by atoms with Crippen LogP contribution in [0.3, 0.4) is 0 Å². The van der Waals surface area contributed by atoms with E-state index in [4.69, 9.17) is 9.47 Å². The van der Waals surface area contributed by atoms with Crippen molar-refractivity contribution in [1.29, 1.82) is 0 Å². The summed E-state index contributed by atoms with van der Waals surface area (Å²) < 4.78 is 11.3. The van der Waals surface area contributed by atoms with Gasteiger partial charge >= 0.3 is 5.97 Å². The van der Waals surface area contributed by atoms with Crippen LogP contribution in [0.1, 0.15) is 43.0 Å². The Hall–Kier alpha value is -3.66. The smallest absolute Gasteiger partial charge is 0.343 e. The van der Waals surface area contributed by atoms with Gasteiger partial charge in [-0.25, -0.2) is 4.79 Å². The molecule has 4 nitrogen and oxygen atoms in total. The molecule has 29 heavy (non-hydrogen) atoms. The molecule has 0 spiro atoms. The molecular weight excluding hydrogens is 364 g/mol. The molecule has 0 aliphatic carbocycles. The molecule has 4 rings (SSSR count). The molecule has 3 aromatic carbocycles. The van der Waals surface area contributed by atoms with Gasteiger partial charge in [0.1, 0.15) is 11.5 Å². The number of hydrogen-bond acceptors (Lipinski definition) is 4. The van der Waals surface area contributed by atoms with Gasteiger partial charge < -0.3 is 9.47 Å². The van der Waals surface area contributed by atoms with Crippen molar-refractivity contribution in [3.05, 3.63) is 99.8 Å². The number of fused-ring (bicyclic) bond motifs is 1. The first-order valence-electron chi connectivity index (χ1n) is 9.36. The maximum atomic E-state index is 12.8. The Labute approximate surface area is 169 Å². The zero-order valence-corrected chi connectivity index (χ0v) is 16.5. The predicted molar refractivity (Wildman–Crippen MR) is 111 cm³/mol. The van der Waals surface area contributed by atoms with Gasteiger partial charge in [0, 0.05) is 6.07 Å². The zero-order chi connectivity index (χ0) is 20.5. The van der Waals surface area contributed by atoms with E-state index in [2.05, 4.69) is 0 Å². The van der Waals surface area contributed by atoms with Crippen LogP contribution in [-0.2, 0) is 0 Å². The lowest BCUT2D eigenvalue weighted by Gasteiger charge is -2.08. The van der Waals surface area contributed by atoms with Crippen molar-refractivity contribution in [3.8, 4) is 11.5 Å². The van der Waals surface area contributed by atoms with Crippen molar-refractivity contribution in [2.45, 2.75) is 20.8 Å². The van der Waals surface area contributed by atoms with Gasteiger partial charge in [0.25, 0.3) is 0 Å². The molecule has 0 amide bonds. The van der Waals surface area contributed by atoms with E-state index in [0.29, 0.717) is 28.2 Å². The summed E-state index contributed by atoms with van der Waals surface area (Å²) in [6, 6.07) is 18.3. The van der Waals surface area contributed by atoms with E-state index in [1.165, 1.54) is 0 Å². The van der Waals surface area contributed by atoms with Crippen molar-refractivity contribution < 1.29 is 19.1 Å². The maximum absolute atomic E-state index is 12.8.